The maximum Gasteiger partial charge on any atom is 0.252 e. The fourth-order valence-corrected chi connectivity index (χ4v) is 2.27. The summed E-state index contributed by atoms with van der Waals surface area (Å²) in [4.78, 5) is 28.1. The molecule has 0 spiro atoms. The minimum absolute atomic E-state index is 0.205. The molecule has 2 N–H and O–H groups in total. The largest absolute Gasteiger partial charge is 0.352 e. The van der Waals surface area contributed by atoms with Gasteiger partial charge in [0, 0.05) is 25.5 Å². The lowest BCUT2D eigenvalue weighted by molar-refractivity contribution is 0.0952. The second-order valence-electron chi connectivity index (χ2n) is 5.56. The maximum absolute atomic E-state index is 12.2. The van der Waals surface area contributed by atoms with Crippen LogP contribution in [0.1, 0.15) is 46.0 Å². The van der Waals surface area contributed by atoms with Gasteiger partial charge in [-0.05, 0) is 30.9 Å². The van der Waals surface area contributed by atoms with E-state index in [0.717, 1.165) is 19.3 Å². The molecule has 0 radical (unpaired) electrons. The van der Waals surface area contributed by atoms with Crippen LogP contribution in [0.15, 0.2) is 48.8 Å². The first-order valence-corrected chi connectivity index (χ1v) is 8.26. The van der Waals surface area contributed by atoms with E-state index in [2.05, 4.69) is 27.8 Å². The van der Waals surface area contributed by atoms with E-state index in [9.17, 15) is 9.59 Å². The van der Waals surface area contributed by atoms with Crippen LogP contribution >= 0.6 is 0 Å². The Hall–Kier alpha value is -2.69. The van der Waals surface area contributed by atoms with Crippen molar-refractivity contribution in [2.75, 3.05) is 13.1 Å². The quantitative estimate of drug-likeness (QED) is 0.733. The molecule has 5 nitrogen and oxygen atoms in total. The lowest BCUT2D eigenvalue weighted by Crippen LogP contribution is -2.27. The van der Waals surface area contributed by atoms with E-state index >= 15 is 0 Å². The topological polar surface area (TPSA) is 71.1 Å². The Bertz CT molecular complexity index is 671. The number of nitrogens with zero attached hydrogens (tertiary/aromatic N) is 1. The van der Waals surface area contributed by atoms with Crippen molar-refractivity contribution >= 4 is 11.8 Å². The molecule has 1 aromatic carbocycles. The molecular weight excluding hydrogens is 302 g/mol. The molecule has 0 saturated carbocycles. The molecule has 0 saturated heterocycles. The molecule has 0 unspecified atom stereocenters. The highest BCUT2D eigenvalue weighted by Gasteiger charge is 2.10. The van der Waals surface area contributed by atoms with Crippen molar-refractivity contribution in [3.05, 3.63) is 65.5 Å². The van der Waals surface area contributed by atoms with Crippen molar-refractivity contribution in [1.82, 2.24) is 15.6 Å². The fourth-order valence-electron chi connectivity index (χ4n) is 2.27. The van der Waals surface area contributed by atoms with Gasteiger partial charge in [-0.1, -0.05) is 37.3 Å². The number of carbonyl (C=O) groups excluding carboxylic acids is 2. The molecule has 2 aromatic rings. The molecule has 2 amide bonds. The molecule has 0 aliphatic carbocycles. The molecule has 2 rings (SSSR count). The van der Waals surface area contributed by atoms with Gasteiger partial charge in [0.15, 0.2) is 0 Å². The van der Waals surface area contributed by atoms with Gasteiger partial charge >= 0.3 is 0 Å². The Kier molecular flexibility index (Phi) is 6.95. The van der Waals surface area contributed by atoms with Crippen molar-refractivity contribution in [2.45, 2.75) is 26.2 Å². The van der Waals surface area contributed by atoms with Gasteiger partial charge in [-0.25, -0.2) is 0 Å². The average molecular weight is 325 g/mol. The van der Waals surface area contributed by atoms with E-state index in [-0.39, 0.29) is 11.8 Å². The number of rotatable bonds is 8. The van der Waals surface area contributed by atoms with Crippen LogP contribution in [-0.2, 0) is 6.42 Å². The molecule has 0 fully saturated rings. The third-order valence-electron chi connectivity index (χ3n) is 3.57. The van der Waals surface area contributed by atoms with Gasteiger partial charge < -0.3 is 10.6 Å². The number of nitrogens with one attached hydrogen (secondary N) is 2. The molecule has 0 bridgehead atoms. The van der Waals surface area contributed by atoms with Crippen LogP contribution in [0.4, 0.5) is 0 Å². The van der Waals surface area contributed by atoms with Crippen LogP contribution in [-0.4, -0.2) is 29.9 Å². The molecule has 24 heavy (non-hydrogen) atoms. The fraction of sp³-hybridized carbons (Fsp3) is 0.316. The number of amides is 2. The summed E-state index contributed by atoms with van der Waals surface area (Å²) in [5.74, 6) is -0.413. The Morgan fingerprint density at radius 1 is 0.958 bits per heavy atom. The van der Waals surface area contributed by atoms with E-state index in [1.165, 1.54) is 18.0 Å². The summed E-state index contributed by atoms with van der Waals surface area (Å²) >= 11 is 0. The van der Waals surface area contributed by atoms with Gasteiger partial charge in [0.2, 0.25) is 0 Å². The van der Waals surface area contributed by atoms with Gasteiger partial charge in [-0.15, -0.1) is 0 Å². The minimum Gasteiger partial charge on any atom is -0.352 e. The Labute approximate surface area is 142 Å². The number of aryl methyl sites for hydroxylation is 1. The molecule has 1 heterocycles. The molecular formula is C19H23N3O2. The minimum atomic E-state index is -0.208. The summed E-state index contributed by atoms with van der Waals surface area (Å²) in [5.41, 5.74) is 2.06. The number of hydrogen-bond acceptors (Lipinski definition) is 3. The van der Waals surface area contributed by atoms with E-state index in [0.29, 0.717) is 24.2 Å². The lowest BCUT2D eigenvalue weighted by atomic mass is 10.1. The first-order valence-electron chi connectivity index (χ1n) is 8.26. The molecule has 5 heteroatoms. The van der Waals surface area contributed by atoms with Crippen molar-refractivity contribution in [2.24, 2.45) is 0 Å². The van der Waals surface area contributed by atoms with Gasteiger partial charge in [-0.3, -0.25) is 14.6 Å². The first kappa shape index (κ1) is 17.7. The van der Waals surface area contributed by atoms with E-state index in [1.54, 1.807) is 6.07 Å². The predicted octanol–water partition coefficient (Wildman–Crippen LogP) is 2.58. The van der Waals surface area contributed by atoms with Crippen molar-refractivity contribution < 1.29 is 9.59 Å². The van der Waals surface area contributed by atoms with Crippen LogP contribution in [0.25, 0.3) is 0 Å². The SMILES string of the molecule is CCCNC(=O)c1cncc(C(=O)NCCCc2ccccc2)c1. The van der Waals surface area contributed by atoms with E-state index < -0.39 is 0 Å². The van der Waals surface area contributed by atoms with E-state index in [4.69, 9.17) is 0 Å². The maximum atomic E-state index is 12.2. The summed E-state index contributed by atoms with van der Waals surface area (Å²) in [7, 11) is 0. The summed E-state index contributed by atoms with van der Waals surface area (Å²) in [6.07, 6.45) is 5.58. The normalized spacial score (nSPS) is 10.2. The third-order valence-corrected chi connectivity index (χ3v) is 3.57. The zero-order valence-electron chi connectivity index (χ0n) is 13.9. The monoisotopic (exact) mass is 325 g/mol. The van der Waals surface area contributed by atoms with Crippen LogP contribution in [0.2, 0.25) is 0 Å². The Balaban J connectivity index is 1.82. The van der Waals surface area contributed by atoms with Gasteiger partial charge in [-0.2, -0.15) is 0 Å². The smallest absolute Gasteiger partial charge is 0.252 e. The summed E-state index contributed by atoms with van der Waals surface area (Å²) in [5, 5.41) is 5.64. The summed E-state index contributed by atoms with van der Waals surface area (Å²) < 4.78 is 0. The number of benzene rings is 1. The van der Waals surface area contributed by atoms with Crippen LogP contribution in [0.5, 0.6) is 0 Å². The predicted molar refractivity (Wildman–Crippen MR) is 94.0 cm³/mol. The second-order valence-corrected chi connectivity index (χ2v) is 5.56. The Morgan fingerprint density at radius 2 is 1.58 bits per heavy atom. The summed E-state index contributed by atoms with van der Waals surface area (Å²) in [6, 6.07) is 11.7. The highest BCUT2D eigenvalue weighted by atomic mass is 16.2. The molecule has 0 aliphatic heterocycles. The van der Waals surface area contributed by atoms with Crippen molar-refractivity contribution in [3.8, 4) is 0 Å². The Morgan fingerprint density at radius 3 is 2.21 bits per heavy atom. The van der Waals surface area contributed by atoms with Crippen molar-refractivity contribution in [1.29, 1.82) is 0 Å². The van der Waals surface area contributed by atoms with E-state index in [1.807, 2.05) is 25.1 Å². The van der Waals surface area contributed by atoms with Crippen LogP contribution in [0, 0.1) is 0 Å². The molecule has 1 aromatic heterocycles. The number of aromatic nitrogens is 1. The number of hydrogen-bond donors (Lipinski definition) is 2. The van der Waals surface area contributed by atoms with Crippen molar-refractivity contribution in [3.63, 3.8) is 0 Å². The average Bonchev–Trinajstić information content (AvgIpc) is 2.64. The standard InChI is InChI=1S/C19H23N3O2/c1-2-10-21-18(23)16-12-17(14-20-13-16)19(24)22-11-6-9-15-7-4-3-5-8-15/h3-5,7-8,12-14H,2,6,9-11H2,1H3,(H,21,23)(H,22,24). The zero-order valence-corrected chi connectivity index (χ0v) is 13.9. The third kappa shape index (κ3) is 5.50. The number of pyridine rings is 1. The lowest BCUT2D eigenvalue weighted by Gasteiger charge is -2.07. The molecule has 0 atom stereocenters. The van der Waals surface area contributed by atoms with Crippen LogP contribution < -0.4 is 10.6 Å². The highest BCUT2D eigenvalue weighted by Crippen LogP contribution is 2.04. The second kappa shape index (κ2) is 9.45. The van der Waals surface area contributed by atoms with Crippen LogP contribution in [0.3, 0.4) is 0 Å². The van der Waals surface area contributed by atoms with Gasteiger partial charge in [0.1, 0.15) is 0 Å². The molecule has 126 valence electrons. The number of carbonyl (C=O) groups is 2. The highest BCUT2D eigenvalue weighted by molar-refractivity contribution is 5.99. The molecule has 0 aliphatic rings. The summed E-state index contributed by atoms with van der Waals surface area (Å²) in [6.45, 7) is 3.17. The zero-order chi connectivity index (χ0) is 17.2. The van der Waals surface area contributed by atoms with Gasteiger partial charge in [0.05, 0.1) is 11.1 Å². The van der Waals surface area contributed by atoms with Gasteiger partial charge in [0.25, 0.3) is 11.8 Å². The first-order chi connectivity index (χ1) is 11.7.